The SMILES string of the molecule is Cn1cnc(C(=O)N(Cc2ccc(F)c(C(F)(F)F)c2)CC2C3CN(C4CNC4)CC23)c1. The number of fused-ring (bicyclic) bond motifs is 1. The highest BCUT2D eigenvalue weighted by atomic mass is 19.4. The monoisotopic (exact) mass is 451 g/mol. The van der Waals surface area contributed by atoms with Crippen molar-refractivity contribution in [1.82, 2.24) is 24.7 Å². The summed E-state index contributed by atoms with van der Waals surface area (Å²) in [6.45, 7) is 4.47. The van der Waals surface area contributed by atoms with Crippen LogP contribution in [0.3, 0.4) is 0 Å². The summed E-state index contributed by atoms with van der Waals surface area (Å²) in [6, 6.07) is 3.52. The molecule has 0 spiro atoms. The first kappa shape index (κ1) is 21.4. The molecule has 2 atom stereocenters. The van der Waals surface area contributed by atoms with Crippen LogP contribution in [0.25, 0.3) is 0 Å². The molecule has 1 N–H and O–H groups in total. The predicted molar refractivity (Wildman–Crippen MR) is 108 cm³/mol. The molecular formula is C22H25F4N5O. The van der Waals surface area contributed by atoms with Gasteiger partial charge in [0.05, 0.1) is 11.9 Å². The second kappa shape index (κ2) is 7.84. The number of rotatable bonds is 6. The number of halogens is 4. The minimum absolute atomic E-state index is 0.0229. The van der Waals surface area contributed by atoms with Gasteiger partial charge in [-0.25, -0.2) is 9.37 Å². The Labute approximate surface area is 183 Å². The topological polar surface area (TPSA) is 53.4 Å². The molecule has 1 aromatic heterocycles. The van der Waals surface area contributed by atoms with E-state index in [1.165, 1.54) is 12.4 Å². The third-order valence-corrected chi connectivity index (χ3v) is 7.03. The van der Waals surface area contributed by atoms with Gasteiger partial charge in [-0.2, -0.15) is 13.2 Å². The second-order valence-corrected chi connectivity index (χ2v) is 9.18. The number of alkyl halides is 3. The first-order valence-corrected chi connectivity index (χ1v) is 10.8. The number of likely N-dealkylation sites (tertiary alicyclic amines) is 1. The lowest BCUT2D eigenvalue weighted by atomic mass is 10.1. The number of nitrogens with zero attached hydrogens (tertiary/aromatic N) is 4. The van der Waals surface area contributed by atoms with Crippen molar-refractivity contribution in [2.45, 2.75) is 18.8 Å². The van der Waals surface area contributed by atoms with Crippen molar-refractivity contribution in [3.05, 3.63) is 53.4 Å². The summed E-state index contributed by atoms with van der Waals surface area (Å²) in [5.41, 5.74) is -0.817. The number of hydrogen-bond donors (Lipinski definition) is 1. The number of carbonyl (C=O) groups excluding carboxylic acids is 1. The summed E-state index contributed by atoms with van der Waals surface area (Å²) in [6.07, 6.45) is -1.68. The summed E-state index contributed by atoms with van der Waals surface area (Å²) >= 11 is 0. The molecule has 1 aromatic carbocycles. The Bertz CT molecular complexity index is 1010. The molecule has 32 heavy (non-hydrogen) atoms. The van der Waals surface area contributed by atoms with Crippen LogP contribution < -0.4 is 5.32 Å². The van der Waals surface area contributed by atoms with Crippen molar-refractivity contribution in [2.75, 3.05) is 32.7 Å². The lowest BCUT2D eigenvalue weighted by Gasteiger charge is -2.37. The molecule has 5 rings (SSSR count). The van der Waals surface area contributed by atoms with Crippen LogP contribution in [0.5, 0.6) is 0 Å². The summed E-state index contributed by atoms with van der Waals surface area (Å²) in [7, 11) is 1.75. The Balaban J connectivity index is 1.32. The van der Waals surface area contributed by atoms with Gasteiger partial charge >= 0.3 is 6.18 Å². The first-order valence-electron chi connectivity index (χ1n) is 10.8. The maximum Gasteiger partial charge on any atom is 0.419 e. The summed E-state index contributed by atoms with van der Waals surface area (Å²) in [5.74, 6) is -0.295. The molecule has 3 fully saturated rings. The molecule has 1 aliphatic carbocycles. The fraction of sp³-hybridized carbons (Fsp3) is 0.545. The van der Waals surface area contributed by atoms with Crippen LogP contribution >= 0.6 is 0 Å². The Morgan fingerprint density at radius 3 is 2.53 bits per heavy atom. The number of carbonyl (C=O) groups is 1. The lowest BCUT2D eigenvalue weighted by molar-refractivity contribution is -0.140. The van der Waals surface area contributed by atoms with E-state index in [1.807, 2.05) is 0 Å². The predicted octanol–water partition coefficient (Wildman–Crippen LogP) is 2.37. The van der Waals surface area contributed by atoms with Crippen molar-refractivity contribution in [1.29, 1.82) is 0 Å². The lowest BCUT2D eigenvalue weighted by Crippen LogP contribution is -2.57. The van der Waals surface area contributed by atoms with E-state index >= 15 is 0 Å². The van der Waals surface area contributed by atoms with Gasteiger partial charge in [0.2, 0.25) is 0 Å². The van der Waals surface area contributed by atoms with Crippen molar-refractivity contribution >= 4 is 5.91 Å². The number of hydrogen-bond acceptors (Lipinski definition) is 4. The van der Waals surface area contributed by atoms with Crippen LogP contribution in [0.1, 0.15) is 21.6 Å². The molecule has 1 saturated carbocycles. The van der Waals surface area contributed by atoms with Gasteiger partial charge in [0.25, 0.3) is 5.91 Å². The number of aromatic nitrogens is 2. The van der Waals surface area contributed by atoms with Crippen molar-refractivity contribution in [3.63, 3.8) is 0 Å². The van der Waals surface area contributed by atoms with Gasteiger partial charge in [0.15, 0.2) is 0 Å². The van der Waals surface area contributed by atoms with Crippen LogP contribution in [-0.4, -0.2) is 64.0 Å². The number of aryl methyl sites for hydroxylation is 1. The van der Waals surface area contributed by atoms with Crippen LogP contribution in [0.15, 0.2) is 30.7 Å². The molecule has 2 saturated heterocycles. The Hall–Kier alpha value is -2.46. The third-order valence-electron chi connectivity index (χ3n) is 7.03. The number of amides is 1. The molecule has 172 valence electrons. The molecule has 10 heteroatoms. The molecule has 1 amide bonds. The zero-order valence-corrected chi connectivity index (χ0v) is 17.6. The number of piperidine rings is 1. The number of nitrogens with one attached hydrogen (secondary N) is 1. The van der Waals surface area contributed by atoms with Gasteiger partial charge < -0.3 is 14.8 Å². The van der Waals surface area contributed by atoms with Crippen molar-refractivity contribution in [3.8, 4) is 0 Å². The molecular weight excluding hydrogens is 426 g/mol. The normalized spacial score (nSPS) is 25.5. The molecule has 6 nitrogen and oxygen atoms in total. The molecule has 0 radical (unpaired) electrons. The quantitative estimate of drug-likeness (QED) is 0.686. The largest absolute Gasteiger partial charge is 0.419 e. The van der Waals surface area contributed by atoms with Crippen molar-refractivity contribution in [2.24, 2.45) is 24.8 Å². The van der Waals surface area contributed by atoms with Crippen LogP contribution in [0, 0.1) is 23.6 Å². The smallest absolute Gasteiger partial charge is 0.340 e. The average Bonchev–Trinajstić information content (AvgIpc) is 3.04. The van der Waals surface area contributed by atoms with E-state index in [0.717, 1.165) is 38.3 Å². The maximum atomic E-state index is 13.7. The highest BCUT2D eigenvalue weighted by Crippen LogP contribution is 2.52. The standard InChI is InChI=1S/C22H25F4N5O/c1-29-11-20(28-12-29)21(32)31(7-13-2-3-19(23)18(4-13)22(24,25)26)10-17-15-8-30(9-16(15)17)14-5-27-6-14/h2-4,11-12,14-17,27H,5-10H2,1H3. The van der Waals surface area contributed by atoms with E-state index in [-0.39, 0.29) is 23.7 Å². The molecule has 3 heterocycles. The average molecular weight is 451 g/mol. The van der Waals surface area contributed by atoms with E-state index in [0.29, 0.717) is 30.3 Å². The van der Waals surface area contributed by atoms with Crippen LogP contribution in [0.2, 0.25) is 0 Å². The second-order valence-electron chi connectivity index (χ2n) is 9.18. The Morgan fingerprint density at radius 1 is 1.25 bits per heavy atom. The first-order chi connectivity index (χ1) is 15.2. The highest BCUT2D eigenvalue weighted by Gasteiger charge is 2.57. The summed E-state index contributed by atoms with van der Waals surface area (Å²) in [4.78, 5) is 21.3. The Kier molecular flexibility index (Phi) is 5.24. The van der Waals surface area contributed by atoms with Gasteiger partial charge in [-0.1, -0.05) is 6.07 Å². The van der Waals surface area contributed by atoms with Gasteiger partial charge in [0.1, 0.15) is 11.5 Å². The fourth-order valence-corrected chi connectivity index (χ4v) is 5.05. The number of imidazole rings is 1. The van der Waals surface area contributed by atoms with E-state index in [2.05, 4.69) is 15.2 Å². The van der Waals surface area contributed by atoms with Gasteiger partial charge in [-0.05, 0) is 35.4 Å². The third kappa shape index (κ3) is 4.01. The van der Waals surface area contributed by atoms with E-state index < -0.39 is 17.6 Å². The zero-order chi connectivity index (χ0) is 22.6. The molecule has 3 aliphatic rings. The molecule has 2 unspecified atom stereocenters. The van der Waals surface area contributed by atoms with Gasteiger partial charge in [-0.15, -0.1) is 0 Å². The summed E-state index contributed by atoms with van der Waals surface area (Å²) in [5, 5.41) is 3.28. The van der Waals surface area contributed by atoms with Gasteiger partial charge in [0, 0.05) is 58.6 Å². The van der Waals surface area contributed by atoms with Crippen molar-refractivity contribution < 1.29 is 22.4 Å². The van der Waals surface area contributed by atoms with E-state index in [1.54, 1.807) is 22.7 Å². The minimum Gasteiger partial charge on any atom is -0.340 e. The minimum atomic E-state index is -4.79. The number of benzene rings is 1. The van der Waals surface area contributed by atoms with Crippen LogP contribution in [-0.2, 0) is 19.8 Å². The zero-order valence-electron chi connectivity index (χ0n) is 17.6. The van der Waals surface area contributed by atoms with E-state index in [4.69, 9.17) is 0 Å². The highest BCUT2D eigenvalue weighted by molar-refractivity contribution is 5.92. The molecule has 2 aliphatic heterocycles. The van der Waals surface area contributed by atoms with E-state index in [9.17, 15) is 22.4 Å². The maximum absolute atomic E-state index is 13.7. The summed E-state index contributed by atoms with van der Waals surface area (Å²) < 4.78 is 54.9. The molecule has 0 bridgehead atoms. The fourth-order valence-electron chi connectivity index (χ4n) is 5.05. The van der Waals surface area contributed by atoms with Crippen LogP contribution in [0.4, 0.5) is 17.6 Å². The van der Waals surface area contributed by atoms with Gasteiger partial charge in [-0.3, -0.25) is 9.69 Å². The Morgan fingerprint density at radius 2 is 1.97 bits per heavy atom. The molecule has 2 aromatic rings.